The first-order valence-corrected chi connectivity index (χ1v) is 13.2. The molecule has 0 radical (unpaired) electrons. The van der Waals surface area contributed by atoms with Crippen molar-refractivity contribution in [2.24, 2.45) is 5.92 Å². The van der Waals surface area contributed by atoms with Crippen molar-refractivity contribution in [1.29, 1.82) is 0 Å². The lowest BCUT2D eigenvalue weighted by Gasteiger charge is -2.31. The van der Waals surface area contributed by atoms with Gasteiger partial charge >= 0.3 is 0 Å². The lowest BCUT2D eigenvalue weighted by Crippen LogP contribution is -2.44. The lowest BCUT2D eigenvalue weighted by atomic mass is 9.91. The highest BCUT2D eigenvalue weighted by atomic mass is 35.5. The van der Waals surface area contributed by atoms with E-state index in [4.69, 9.17) is 21.0 Å². The van der Waals surface area contributed by atoms with Crippen molar-refractivity contribution in [3.63, 3.8) is 0 Å². The van der Waals surface area contributed by atoms with E-state index in [-0.39, 0.29) is 22.6 Å². The van der Waals surface area contributed by atoms with Crippen molar-refractivity contribution in [3.05, 3.63) is 77.7 Å². The van der Waals surface area contributed by atoms with Crippen LogP contribution >= 0.6 is 11.6 Å². The Morgan fingerprint density at radius 2 is 1.95 bits per heavy atom. The molecule has 0 bridgehead atoms. The van der Waals surface area contributed by atoms with E-state index in [0.717, 1.165) is 60.7 Å². The molecular weight excluding hydrogens is 502 g/mol. The smallest absolute Gasteiger partial charge is 0.223 e. The number of pyridine rings is 1. The molecule has 0 spiro atoms. The first kappa shape index (κ1) is 26.0. The van der Waals surface area contributed by atoms with Crippen LogP contribution in [0.4, 0.5) is 0 Å². The van der Waals surface area contributed by atoms with E-state index in [0.29, 0.717) is 12.2 Å². The fourth-order valence-electron chi connectivity index (χ4n) is 4.82. The van der Waals surface area contributed by atoms with Crippen molar-refractivity contribution >= 4 is 17.5 Å². The molecule has 0 atom stereocenters. The molecule has 3 N–H and O–H groups in total. The van der Waals surface area contributed by atoms with Crippen LogP contribution in [0.15, 0.2) is 65.7 Å². The number of benzene rings is 1. The minimum absolute atomic E-state index is 0.00276. The maximum Gasteiger partial charge on any atom is 0.223 e. The average molecular weight is 534 g/mol. The van der Waals surface area contributed by atoms with Gasteiger partial charge in [0.15, 0.2) is 0 Å². The number of H-pyrrole nitrogens is 1. The number of likely N-dealkylation sites (tertiary alicyclic amines) is 1. The number of furan rings is 1. The van der Waals surface area contributed by atoms with Crippen LogP contribution in [-0.4, -0.2) is 50.5 Å². The summed E-state index contributed by atoms with van der Waals surface area (Å²) in [6.45, 7) is 7.17. The van der Waals surface area contributed by atoms with Gasteiger partial charge < -0.3 is 19.8 Å². The Kier molecular flexibility index (Phi) is 7.53. The van der Waals surface area contributed by atoms with Crippen LogP contribution in [0.5, 0.6) is 5.75 Å². The van der Waals surface area contributed by atoms with Crippen molar-refractivity contribution in [2.75, 3.05) is 19.6 Å². The number of rotatable bonds is 8. The fraction of sp³-hybridized carbons (Fsp3) is 0.345. The Labute approximate surface area is 227 Å². The third-order valence-electron chi connectivity index (χ3n) is 7.18. The SMILES string of the molecule is CC(C)(CNC(=O)C1CCN(Cc2ccoc2)CC1)c1nc(-c2ccc(Cl)c(O)c2)c(-c2ccncc2)[nH]1. The van der Waals surface area contributed by atoms with Crippen LogP contribution < -0.4 is 5.32 Å². The Balaban J connectivity index is 1.28. The summed E-state index contributed by atoms with van der Waals surface area (Å²) in [5.74, 6) is 0.827. The van der Waals surface area contributed by atoms with Crippen molar-refractivity contribution < 1.29 is 14.3 Å². The number of carbonyl (C=O) groups is 1. The van der Waals surface area contributed by atoms with Gasteiger partial charge in [0.2, 0.25) is 5.91 Å². The number of phenolic OH excluding ortho intramolecular Hbond substituents is 1. The molecule has 0 saturated carbocycles. The molecule has 0 unspecified atom stereocenters. The van der Waals surface area contributed by atoms with Gasteiger partial charge in [-0.2, -0.15) is 0 Å². The normalized spacial score (nSPS) is 15.0. The van der Waals surface area contributed by atoms with Crippen LogP contribution in [0.1, 0.15) is 38.1 Å². The van der Waals surface area contributed by atoms with E-state index in [1.54, 1.807) is 37.1 Å². The second-order valence-corrected chi connectivity index (χ2v) is 10.9. The summed E-state index contributed by atoms with van der Waals surface area (Å²) in [7, 11) is 0. The van der Waals surface area contributed by atoms with E-state index in [1.165, 1.54) is 0 Å². The van der Waals surface area contributed by atoms with Gasteiger partial charge in [-0.1, -0.05) is 31.5 Å². The molecule has 9 heteroatoms. The minimum atomic E-state index is -0.466. The first-order chi connectivity index (χ1) is 18.3. The molecule has 38 heavy (non-hydrogen) atoms. The zero-order chi connectivity index (χ0) is 26.7. The number of nitrogens with one attached hydrogen (secondary N) is 2. The van der Waals surface area contributed by atoms with Crippen molar-refractivity contribution in [3.8, 4) is 28.3 Å². The van der Waals surface area contributed by atoms with Crippen LogP contribution in [0.2, 0.25) is 5.02 Å². The van der Waals surface area contributed by atoms with Crippen LogP contribution in [-0.2, 0) is 16.8 Å². The lowest BCUT2D eigenvalue weighted by molar-refractivity contribution is -0.126. The molecule has 198 valence electrons. The van der Waals surface area contributed by atoms with Crippen LogP contribution in [0.3, 0.4) is 0 Å². The number of aromatic amines is 1. The minimum Gasteiger partial charge on any atom is -0.506 e. The number of halogens is 1. The van der Waals surface area contributed by atoms with E-state index < -0.39 is 5.41 Å². The Bertz CT molecular complexity index is 1380. The Morgan fingerprint density at radius 3 is 2.63 bits per heavy atom. The fourth-order valence-corrected chi connectivity index (χ4v) is 4.94. The zero-order valence-corrected chi connectivity index (χ0v) is 22.3. The van der Waals surface area contributed by atoms with Gasteiger partial charge in [-0.25, -0.2) is 4.98 Å². The molecule has 1 fully saturated rings. The Morgan fingerprint density at radius 1 is 1.18 bits per heavy atom. The van der Waals surface area contributed by atoms with Gasteiger partial charge in [0.05, 0.1) is 28.9 Å². The topological polar surface area (TPSA) is 107 Å². The summed E-state index contributed by atoms with van der Waals surface area (Å²) in [5, 5.41) is 13.7. The third kappa shape index (κ3) is 5.76. The summed E-state index contributed by atoms with van der Waals surface area (Å²) in [5.41, 5.74) is 3.86. The Hall–Kier alpha value is -3.62. The molecule has 1 aromatic carbocycles. The molecular formula is C29H32ClN5O3. The second-order valence-electron chi connectivity index (χ2n) is 10.5. The molecule has 8 nitrogen and oxygen atoms in total. The molecule has 0 aliphatic carbocycles. The molecule has 4 heterocycles. The third-order valence-corrected chi connectivity index (χ3v) is 7.50. The highest BCUT2D eigenvalue weighted by Crippen LogP contribution is 2.36. The molecule has 1 saturated heterocycles. The highest BCUT2D eigenvalue weighted by molar-refractivity contribution is 6.32. The standard InChI is InChI=1S/C29H32ClN5O3/c1-29(2,18-32-27(37)21-7-12-35(13-8-21)16-19-9-14-38-17-19)28-33-25(20-5-10-31-11-6-20)26(34-28)22-3-4-23(30)24(36)15-22/h3-6,9-11,14-15,17,21,36H,7-8,12-13,16,18H2,1-2H3,(H,32,37)(H,33,34). The summed E-state index contributed by atoms with van der Waals surface area (Å²) in [6.07, 6.45) is 8.59. The van der Waals surface area contributed by atoms with E-state index in [1.807, 2.05) is 24.3 Å². The maximum absolute atomic E-state index is 13.1. The number of aromatic hydroxyl groups is 1. The predicted molar refractivity (Wildman–Crippen MR) is 147 cm³/mol. The molecule has 1 amide bonds. The van der Waals surface area contributed by atoms with Crippen molar-refractivity contribution in [2.45, 2.75) is 38.6 Å². The van der Waals surface area contributed by atoms with Gasteiger partial charge in [-0.05, 0) is 56.3 Å². The number of phenols is 1. The molecule has 1 aliphatic rings. The predicted octanol–water partition coefficient (Wildman–Crippen LogP) is 5.40. The van der Waals surface area contributed by atoms with Crippen LogP contribution in [0.25, 0.3) is 22.5 Å². The van der Waals surface area contributed by atoms with Gasteiger partial charge in [0, 0.05) is 53.5 Å². The summed E-state index contributed by atoms with van der Waals surface area (Å²) in [6, 6.07) is 10.9. The largest absolute Gasteiger partial charge is 0.506 e. The molecule has 1 aliphatic heterocycles. The van der Waals surface area contributed by atoms with Gasteiger partial charge in [0.25, 0.3) is 0 Å². The summed E-state index contributed by atoms with van der Waals surface area (Å²) >= 11 is 6.04. The number of hydrogen-bond acceptors (Lipinski definition) is 6. The van der Waals surface area contributed by atoms with E-state index >= 15 is 0 Å². The van der Waals surface area contributed by atoms with E-state index in [9.17, 15) is 9.90 Å². The first-order valence-electron chi connectivity index (χ1n) is 12.8. The number of piperidine rings is 1. The summed E-state index contributed by atoms with van der Waals surface area (Å²) < 4.78 is 5.17. The van der Waals surface area contributed by atoms with Gasteiger partial charge in [0.1, 0.15) is 11.6 Å². The number of carbonyl (C=O) groups excluding carboxylic acids is 1. The molecule has 3 aromatic heterocycles. The van der Waals surface area contributed by atoms with Crippen molar-refractivity contribution in [1.82, 2.24) is 25.2 Å². The number of amides is 1. The average Bonchev–Trinajstić information content (AvgIpc) is 3.61. The van der Waals surface area contributed by atoms with Gasteiger partial charge in [-0.3, -0.25) is 14.7 Å². The zero-order valence-electron chi connectivity index (χ0n) is 21.6. The number of imidazole rings is 1. The van der Waals surface area contributed by atoms with Crippen LogP contribution in [0, 0.1) is 5.92 Å². The highest BCUT2D eigenvalue weighted by Gasteiger charge is 2.30. The number of aromatic nitrogens is 3. The number of hydrogen-bond donors (Lipinski definition) is 3. The monoisotopic (exact) mass is 533 g/mol. The number of nitrogens with zero attached hydrogens (tertiary/aromatic N) is 3. The quantitative estimate of drug-likeness (QED) is 0.280. The maximum atomic E-state index is 13.1. The summed E-state index contributed by atoms with van der Waals surface area (Å²) in [4.78, 5) is 28.0. The second kappa shape index (κ2) is 11.0. The molecule has 4 aromatic rings. The molecule has 5 rings (SSSR count). The van der Waals surface area contributed by atoms with E-state index in [2.05, 4.69) is 34.0 Å². The van der Waals surface area contributed by atoms with Gasteiger partial charge in [-0.15, -0.1) is 0 Å².